The second-order valence-electron chi connectivity index (χ2n) is 10.8. The third-order valence-electron chi connectivity index (χ3n) is 7.82. The molecule has 0 aromatic heterocycles. The third kappa shape index (κ3) is 7.51. The Hall–Kier alpha value is -3.30. The molecule has 9 heteroatoms. The van der Waals surface area contributed by atoms with Gasteiger partial charge in [-0.05, 0) is 69.7 Å². The highest BCUT2D eigenvalue weighted by Crippen LogP contribution is 2.50. The van der Waals surface area contributed by atoms with Crippen LogP contribution < -0.4 is 14.8 Å². The number of hydrogen-bond donors (Lipinski definition) is 2. The number of carboxylic acid groups (broad SMARTS) is 1. The SMILES string of the molecule is CCOc1cc(C(C)N(CCOCc2ccccc2)C(=O)NC2(C(=O)O)CC(OCC)C2)cc(OCC)c1C1CC1. The molecule has 2 saturated carbocycles. The minimum Gasteiger partial charge on any atom is -0.493 e. The van der Waals surface area contributed by atoms with E-state index in [0.29, 0.717) is 32.3 Å². The minimum atomic E-state index is -1.36. The summed E-state index contributed by atoms with van der Waals surface area (Å²) < 4.78 is 23.6. The Kier molecular flexibility index (Phi) is 10.5. The molecule has 2 aliphatic carbocycles. The first-order chi connectivity index (χ1) is 19.8. The molecule has 2 aliphatic rings. The predicted molar refractivity (Wildman–Crippen MR) is 156 cm³/mol. The van der Waals surface area contributed by atoms with Crippen LogP contribution in [0.5, 0.6) is 11.5 Å². The number of hydrogen-bond acceptors (Lipinski definition) is 6. The Bertz CT molecular complexity index is 1130. The van der Waals surface area contributed by atoms with E-state index in [1.165, 1.54) is 0 Å². The lowest BCUT2D eigenvalue weighted by Crippen LogP contribution is -2.66. The molecule has 0 radical (unpaired) electrons. The van der Waals surface area contributed by atoms with Gasteiger partial charge in [-0.3, -0.25) is 0 Å². The average molecular weight is 569 g/mol. The number of nitrogens with zero attached hydrogens (tertiary/aromatic N) is 1. The van der Waals surface area contributed by atoms with Crippen LogP contribution in [0.25, 0.3) is 0 Å². The largest absolute Gasteiger partial charge is 0.493 e. The first kappa shape index (κ1) is 30.7. The molecular formula is C32H44N2O7. The molecule has 0 heterocycles. The van der Waals surface area contributed by atoms with Gasteiger partial charge in [0.25, 0.3) is 0 Å². The molecular weight excluding hydrogens is 524 g/mol. The number of nitrogens with one attached hydrogen (secondary N) is 1. The lowest BCUT2D eigenvalue weighted by molar-refractivity contribution is -0.156. The number of carbonyl (C=O) groups is 2. The maximum absolute atomic E-state index is 13.8. The molecule has 0 bridgehead atoms. The summed E-state index contributed by atoms with van der Waals surface area (Å²) in [6, 6.07) is 13.0. The van der Waals surface area contributed by atoms with Gasteiger partial charge in [0.1, 0.15) is 17.0 Å². The van der Waals surface area contributed by atoms with Crippen molar-refractivity contribution in [1.82, 2.24) is 10.2 Å². The number of aliphatic carboxylic acids is 1. The Morgan fingerprint density at radius 2 is 1.66 bits per heavy atom. The highest BCUT2D eigenvalue weighted by molar-refractivity contribution is 5.87. The van der Waals surface area contributed by atoms with E-state index in [2.05, 4.69) is 5.32 Å². The zero-order valence-electron chi connectivity index (χ0n) is 24.7. The molecule has 0 spiro atoms. The summed E-state index contributed by atoms with van der Waals surface area (Å²) in [6.45, 7) is 10.2. The second kappa shape index (κ2) is 14.0. The van der Waals surface area contributed by atoms with E-state index in [1.54, 1.807) is 4.90 Å². The van der Waals surface area contributed by atoms with Crippen LogP contribution in [-0.4, -0.2) is 66.6 Å². The van der Waals surface area contributed by atoms with Crippen LogP contribution in [-0.2, 0) is 20.9 Å². The van der Waals surface area contributed by atoms with Crippen molar-refractivity contribution < 1.29 is 33.6 Å². The van der Waals surface area contributed by atoms with Gasteiger partial charge in [-0.25, -0.2) is 9.59 Å². The molecule has 2 amide bonds. The van der Waals surface area contributed by atoms with Crippen molar-refractivity contribution in [3.8, 4) is 11.5 Å². The molecule has 2 fully saturated rings. The topological polar surface area (TPSA) is 107 Å². The van der Waals surface area contributed by atoms with Crippen LogP contribution in [0, 0.1) is 0 Å². The molecule has 4 rings (SSSR count). The Labute approximate surface area is 243 Å². The number of urea groups is 1. The fraction of sp³-hybridized carbons (Fsp3) is 0.562. The van der Waals surface area contributed by atoms with Gasteiger partial charge >= 0.3 is 12.0 Å². The van der Waals surface area contributed by atoms with Crippen molar-refractivity contribution >= 4 is 12.0 Å². The zero-order chi connectivity index (χ0) is 29.4. The highest BCUT2D eigenvalue weighted by atomic mass is 16.5. The van der Waals surface area contributed by atoms with E-state index in [0.717, 1.165) is 41.0 Å². The van der Waals surface area contributed by atoms with Gasteiger partial charge in [-0.2, -0.15) is 0 Å². The molecule has 0 aliphatic heterocycles. The lowest BCUT2D eigenvalue weighted by Gasteiger charge is -2.45. The first-order valence-corrected chi connectivity index (χ1v) is 14.8. The quantitative estimate of drug-likeness (QED) is 0.251. The van der Waals surface area contributed by atoms with Gasteiger partial charge in [0.05, 0.1) is 38.6 Å². The summed E-state index contributed by atoms with van der Waals surface area (Å²) >= 11 is 0. The van der Waals surface area contributed by atoms with Crippen molar-refractivity contribution in [2.75, 3.05) is 33.0 Å². The average Bonchev–Trinajstić information content (AvgIpc) is 3.77. The molecule has 0 saturated heterocycles. The van der Waals surface area contributed by atoms with Gasteiger partial charge in [0.2, 0.25) is 0 Å². The number of amides is 2. The van der Waals surface area contributed by atoms with Crippen molar-refractivity contribution in [3.05, 3.63) is 59.2 Å². The summed E-state index contributed by atoms with van der Waals surface area (Å²) in [6.07, 6.45) is 2.47. The molecule has 1 unspecified atom stereocenters. The standard InChI is InChI=1S/C32H44N2O7/c1-5-39-26-19-32(20-26,30(35)36)33-31(37)34(15-16-38-21-23-11-9-8-10-12-23)22(4)25-17-27(40-6-2)29(24-13-14-24)28(18-25)41-7-3/h8-12,17-18,22,24,26H,5-7,13-16,19-21H2,1-4H3,(H,33,37)(H,35,36). The van der Waals surface area contributed by atoms with E-state index in [9.17, 15) is 14.7 Å². The summed E-state index contributed by atoms with van der Waals surface area (Å²) in [4.78, 5) is 27.7. The monoisotopic (exact) mass is 568 g/mol. The van der Waals surface area contributed by atoms with Crippen molar-refractivity contribution in [3.63, 3.8) is 0 Å². The number of carbonyl (C=O) groups excluding carboxylic acids is 1. The highest BCUT2D eigenvalue weighted by Gasteiger charge is 2.53. The first-order valence-electron chi connectivity index (χ1n) is 14.8. The zero-order valence-corrected chi connectivity index (χ0v) is 24.7. The van der Waals surface area contributed by atoms with E-state index < -0.39 is 23.6 Å². The molecule has 224 valence electrons. The van der Waals surface area contributed by atoms with Gasteiger partial charge < -0.3 is 34.3 Å². The van der Waals surface area contributed by atoms with Crippen LogP contribution in [0.4, 0.5) is 4.79 Å². The molecule has 9 nitrogen and oxygen atoms in total. The molecule has 41 heavy (non-hydrogen) atoms. The summed E-state index contributed by atoms with van der Waals surface area (Å²) in [5.41, 5.74) is 1.62. The summed E-state index contributed by atoms with van der Waals surface area (Å²) in [5, 5.41) is 12.9. The maximum Gasteiger partial charge on any atom is 0.329 e. The van der Waals surface area contributed by atoms with Crippen LogP contribution in [0.2, 0.25) is 0 Å². The van der Waals surface area contributed by atoms with Crippen LogP contribution in [0.1, 0.15) is 82.0 Å². The van der Waals surface area contributed by atoms with E-state index in [1.807, 2.05) is 70.2 Å². The number of ether oxygens (including phenoxy) is 4. The fourth-order valence-corrected chi connectivity index (χ4v) is 5.44. The van der Waals surface area contributed by atoms with Crippen molar-refractivity contribution in [2.45, 2.75) is 83.6 Å². The summed E-state index contributed by atoms with van der Waals surface area (Å²) in [7, 11) is 0. The number of carboxylic acids is 1. The van der Waals surface area contributed by atoms with Crippen LogP contribution in [0.15, 0.2) is 42.5 Å². The van der Waals surface area contributed by atoms with E-state index >= 15 is 0 Å². The number of rotatable bonds is 16. The van der Waals surface area contributed by atoms with Crippen LogP contribution >= 0.6 is 0 Å². The maximum atomic E-state index is 13.8. The van der Waals surface area contributed by atoms with Gasteiger partial charge in [0, 0.05) is 31.6 Å². The Morgan fingerprint density at radius 1 is 1.02 bits per heavy atom. The normalized spacial score (nSPS) is 20.5. The van der Waals surface area contributed by atoms with Crippen molar-refractivity contribution in [2.24, 2.45) is 0 Å². The molecule has 2 aromatic rings. The minimum absolute atomic E-state index is 0.186. The summed E-state index contributed by atoms with van der Waals surface area (Å²) in [5.74, 6) is 0.925. The fourth-order valence-electron chi connectivity index (χ4n) is 5.44. The van der Waals surface area contributed by atoms with Gasteiger partial charge in [-0.15, -0.1) is 0 Å². The van der Waals surface area contributed by atoms with Gasteiger partial charge in [0.15, 0.2) is 0 Å². The molecule has 1 atom stereocenters. The van der Waals surface area contributed by atoms with Gasteiger partial charge in [-0.1, -0.05) is 30.3 Å². The van der Waals surface area contributed by atoms with E-state index in [4.69, 9.17) is 18.9 Å². The molecule has 2 aromatic carbocycles. The molecule has 2 N–H and O–H groups in total. The second-order valence-corrected chi connectivity index (χ2v) is 10.8. The van der Waals surface area contributed by atoms with Crippen LogP contribution in [0.3, 0.4) is 0 Å². The third-order valence-corrected chi connectivity index (χ3v) is 7.82. The Balaban J connectivity index is 1.57. The van der Waals surface area contributed by atoms with E-state index in [-0.39, 0.29) is 32.1 Å². The number of benzene rings is 2. The predicted octanol–water partition coefficient (Wildman–Crippen LogP) is 5.67. The Morgan fingerprint density at radius 3 is 2.20 bits per heavy atom. The van der Waals surface area contributed by atoms with Crippen molar-refractivity contribution in [1.29, 1.82) is 0 Å². The lowest BCUT2D eigenvalue weighted by atomic mass is 9.74. The smallest absolute Gasteiger partial charge is 0.329 e.